The Balaban J connectivity index is 1.86. The molecule has 1 aromatic rings. The molecule has 104 valence electrons. The Morgan fingerprint density at radius 2 is 1.95 bits per heavy atom. The summed E-state index contributed by atoms with van der Waals surface area (Å²) in [5.74, 6) is 0.645. The van der Waals surface area contributed by atoms with Crippen molar-refractivity contribution in [2.45, 2.75) is 43.0 Å². The predicted octanol–water partition coefficient (Wildman–Crippen LogP) is 3.49. The van der Waals surface area contributed by atoms with Crippen molar-refractivity contribution in [3.8, 4) is 5.75 Å². The highest BCUT2D eigenvalue weighted by Crippen LogP contribution is 2.27. The largest absolute Gasteiger partial charge is 0.497 e. The molecule has 0 aliphatic heterocycles. The van der Waals surface area contributed by atoms with E-state index in [1.54, 1.807) is 7.11 Å². The third-order valence-corrected chi connectivity index (χ3v) is 4.46. The first-order chi connectivity index (χ1) is 9.19. The van der Waals surface area contributed by atoms with Crippen LogP contribution in [0.1, 0.15) is 31.2 Å². The number of carbonyl (C=O) groups excluding carboxylic acids is 1. The highest BCUT2D eigenvalue weighted by Gasteiger charge is 2.26. The number of methoxy groups -OCH3 is 1. The Hall–Kier alpha value is -1.03. The molecule has 0 spiro atoms. The maximum atomic E-state index is 11.9. The van der Waals surface area contributed by atoms with E-state index in [-0.39, 0.29) is 12.1 Å². The summed E-state index contributed by atoms with van der Waals surface area (Å²) in [5.41, 5.74) is 0.952. The van der Waals surface area contributed by atoms with Gasteiger partial charge in [-0.3, -0.25) is 4.79 Å². The molecule has 0 bridgehead atoms. The van der Waals surface area contributed by atoms with Crippen LogP contribution in [0.15, 0.2) is 24.3 Å². The molecule has 2 atom stereocenters. The SMILES string of the molecule is COc1ccc(CC(=O)O[C@@H]2CCCC[C@H]2Br)cc1. The minimum absolute atomic E-state index is 0.0273. The maximum absolute atomic E-state index is 11.9. The first-order valence-corrected chi connectivity index (χ1v) is 7.57. The molecule has 2 rings (SSSR count). The van der Waals surface area contributed by atoms with E-state index in [9.17, 15) is 4.79 Å². The lowest BCUT2D eigenvalue weighted by molar-refractivity contribution is -0.149. The zero-order valence-corrected chi connectivity index (χ0v) is 12.7. The summed E-state index contributed by atoms with van der Waals surface area (Å²) < 4.78 is 10.6. The molecule has 1 fully saturated rings. The molecule has 4 heteroatoms. The van der Waals surface area contributed by atoms with Gasteiger partial charge in [-0.25, -0.2) is 0 Å². The Bertz CT molecular complexity index is 416. The molecule has 0 N–H and O–H groups in total. The zero-order valence-electron chi connectivity index (χ0n) is 11.1. The molecule has 1 saturated carbocycles. The number of hydrogen-bond donors (Lipinski definition) is 0. The van der Waals surface area contributed by atoms with Gasteiger partial charge in [-0.2, -0.15) is 0 Å². The average Bonchev–Trinajstić information content (AvgIpc) is 2.42. The molecule has 19 heavy (non-hydrogen) atoms. The van der Waals surface area contributed by atoms with Crippen molar-refractivity contribution in [2.75, 3.05) is 7.11 Å². The van der Waals surface area contributed by atoms with Crippen LogP contribution in [0.25, 0.3) is 0 Å². The van der Waals surface area contributed by atoms with Gasteiger partial charge >= 0.3 is 5.97 Å². The van der Waals surface area contributed by atoms with Crippen LogP contribution in [0.2, 0.25) is 0 Å². The normalized spacial score (nSPS) is 22.8. The molecule has 1 aliphatic carbocycles. The molecule has 0 unspecified atom stereocenters. The lowest BCUT2D eigenvalue weighted by atomic mass is 9.97. The molecular formula is C15H19BrO3. The fourth-order valence-electron chi connectivity index (χ4n) is 2.30. The Labute approximate surface area is 122 Å². The quantitative estimate of drug-likeness (QED) is 0.627. The molecule has 0 radical (unpaired) electrons. The van der Waals surface area contributed by atoms with Gasteiger partial charge in [0.25, 0.3) is 0 Å². The summed E-state index contributed by atoms with van der Waals surface area (Å²) >= 11 is 3.59. The van der Waals surface area contributed by atoms with Crippen molar-refractivity contribution in [3.63, 3.8) is 0 Å². The van der Waals surface area contributed by atoms with Gasteiger partial charge in [-0.05, 0) is 37.0 Å². The highest BCUT2D eigenvalue weighted by molar-refractivity contribution is 9.09. The van der Waals surface area contributed by atoms with Gasteiger partial charge in [0.2, 0.25) is 0 Å². The lowest BCUT2D eigenvalue weighted by Gasteiger charge is -2.27. The first-order valence-electron chi connectivity index (χ1n) is 6.65. The van der Waals surface area contributed by atoms with Gasteiger partial charge in [0.05, 0.1) is 18.4 Å². The van der Waals surface area contributed by atoms with Gasteiger partial charge in [-0.15, -0.1) is 0 Å². The second-order valence-electron chi connectivity index (χ2n) is 4.85. The van der Waals surface area contributed by atoms with Crippen molar-refractivity contribution in [1.82, 2.24) is 0 Å². The standard InChI is InChI=1S/C15H19BrO3/c1-18-12-8-6-11(7-9-12)10-15(17)19-14-5-3-2-4-13(14)16/h6-9,13-14H,2-5,10H2,1H3/t13-,14-/m1/s1. The number of halogens is 1. The van der Waals surface area contributed by atoms with Crippen molar-refractivity contribution in [1.29, 1.82) is 0 Å². The average molecular weight is 327 g/mol. The smallest absolute Gasteiger partial charge is 0.310 e. The van der Waals surface area contributed by atoms with E-state index in [0.29, 0.717) is 11.2 Å². The molecule has 0 aromatic heterocycles. The van der Waals surface area contributed by atoms with Crippen LogP contribution in [0.4, 0.5) is 0 Å². The van der Waals surface area contributed by atoms with Crippen LogP contribution >= 0.6 is 15.9 Å². The predicted molar refractivity (Wildman–Crippen MR) is 77.8 cm³/mol. The molecule has 0 amide bonds. The molecule has 1 aromatic carbocycles. The summed E-state index contributed by atoms with van der Waals surface area (Å²) in [5, 5.41) is 0. The monoisotopic (exact) mass is 326 g/mol. The Morgan fingerprint density at radius 1 is 1.26 bits per heavy atom. The Kier molecular flexibility index (Phi) is 5.25. The lowest BCUT2D eigenvalue weighted by Crippen LogP contribution is -2.30. The number of ether oxygens (including phenoxy) is 2. The summed E-state index contributed by atoms with van der Waals surface area (Å²) in [7, 11) is 1.63. The van der Waals surface area contributed by atoms with Gasteiger partial charge < -0.3 is 9.47 Å². The topological polar surface area (TPSA) is 35.5 Å². The third kappa shape index (κ3) is 4.23. The van der Waals surface area contributed by atoms with Crippen molar-refractivity contribution in [2.24, 2.45) is 0 Å². The van der Waals surface area contributed by atoms with Crippen LogP contribution in [0, 0.1) is 0 Å². The van der Waals surface area contributed by atoms with Gasteiger partial charge in [0, 0.05) is 0 Å². The highest BCUT2D eigenvalue weighted by atomic mass is 79.9. The fraction of sp³-hybridized carbons (Fsp3) is 0.533. The van der Waals surface area contributed by atoms with E-state index in [0.717, 1.165) is 30.6 Å². The number of carbonyl (C=O) groups is 1. The second-order valence-corrected chi connectivity index (χ2v) is 6.03. The third-order valence-electron chi connectivity index (χ3n) is 3.41. The van der Waals surface area contributed by atoms with Gasteiger partial charge in [0.15, 0.2) is 0 Å². The molecule has 0 heterocycles. The van der Waals surface area contributed by atoms with Crippen molar-refractivity contribution < 1.29 is 14.3 Å². The van der Waals surface area contributed by atoms with Crippen LogP contribution in [-0.4, -0.2) is 24.0 Å². The zero-order chi connectivity index (χ0) is 13.7. The van der Waals surface area contributed by atoms with Gasteiger partial charge in [-0.1, -0.05) is 34.5 Å². The number of benzene rings is 1. The van der Waals surface area contributed by atoms with E-state index in [2.05, 4.69) is 15.9 Å². The number of hydrogen-bond acceptors (Lipinski definition) is 3. The van der Waals surface area contributed by atoms with Gasteiger partial charge in [0.1, 0.15) is 11.9 Å². The van der Waals surface area contributed by atoms with E-state index >= 15 is 0 Å². The number of rotatable bonds is 4. The van der Waals surface area contributed by atoms with E-state index in [1.807, 2.05) is 24.3 Å². The molecular weight excluding hydrogens is 308 g/mol. The molecule has 0 saturated heterocycles. The number of esters is 1. The summed E-state index contributed by atoms with van der Waals surface area (Å²) in [6.07, 6.45) is 4.75. The molecule has 1 aliphatic rings. The number of alkyl halides is 1. The minimum atomic E-state index is -0.151. The van der Waals surface area contributed by atoms with Crippen molar-refractivity contribution >= 4 is 21.9 Å². The van der Waals surface area contributed by atoms with E-state index < -0.39 is 0 Å². The first kappa shape index (κ1) is 14.4. The molecule has 3 nitrogen and oxygen atoms in total. The maximum Gasteiger partial charge on any atom is 0.310 e. The van der Waals surface area contributed by atoms with Crippen LogP contribution < -0.4 is 4.74 Å². The fourth-order valence-corrected chi connectivity index (χ4v) is 3.00. The van der Waals surface area contributed by atoms with E-state index in [1.165, 1.54) is 6.42 Å². The van der Waals surface area contributed by atoms with Crippen LogP contribution in [0.5, 0.6) is 5.75 Å². The summed E-state index contributed by atoms with van der Waals surface area (Å²) in [6.45, 7) is 0. The van der Waals surface area contributed by atoms with E-state index in [4.69, 9.17) is 9.47 Å². The Morgan fingerprint density at radius 3 is 2.58 bits per heavy atom. The van der Waals surface area contributed by atoms with Crippen LogP contribution in [-0.2, 0) is 16.0 Å². The minimum Gasteiger partial charge on any atom is -0.497 e. The van der Waals surface area contributed by atoms with Crippen molar-refractivity contribution in [3.05, 3.63) is 29.8 Å². The second kappa shape index (κ2) is 6.94. The van der Waals surface area contributed by atoms with Crippen LogP contribution in [0.3, 0.4) is 0 Å². The summed E-state index contributed by atoms with van der Waals surface area (Å²) in [4.78, 5) is 12.2. The summed E-state index contributed by atoms with van der Waals surface area (Å²) in [6, 6.07) is 7.51.